The van der Waals surface area contributed by atoms with Gasteiger partial charge in [0.1, 0.15) is 0 Å². The van der Waals surface area contributed by atoms with Crippen molar-refractivity contribution in [2.45, 2.75) is 18.9 Å². The van der Waals surface area contributed by atoms with E-state index in [1.54, 1.807) is 0 Å². The highest BCUT2D eigenvalue weighted by molar-refractivity contribution is 5.71. The molecule has 0 radical (unpaired) electrons. The van der Waals surface area contributed by atoms with Crippen molar-refractivity contribution in [2.75, 3.05) is 26.7 Å². The molecular formula is C8H16N2O2. The van der Waals surface area contributed by atoms with Gasteiger partial charge in [-0.3, -0.25) is 4.79 Å². The monoisotopic (exact) mass is 172 g/mol. The van der Waals surface area contributed by atoms with Gasteiger partial charge >= 0.3 is 5.97 Å². The summed E-state index contributed by atoms with van der Waals surface area (Å²) < 4.78 is 4.52. The Labute approximate surface area is 72.7 Å². The predicted molar refractivity (Wildman–Crippen MR) is 45.9 cm³/mol. The molecule has 0 saturated carbocycles. The summed E-state index contributed by atoms with van der Waals surface area (Å²) in [5.74, 6) is -0.187. The Morgan fingerprint density at radius 2 is 2.25 bits per heavy atom. The number of piperidine rings is 1. The molecule has 2 N–H and O–H groups in total. The van der Waals surface area contributed by atoms with Crippen LogP contribution in [0.3, 0.4) is 0 Å². The van der Waals surface area contributed by atoms with Gasteiger partial charge in [0.25, 0.3) is 0 Å². The van der Waals surface area contributed by atoms with Gasteiger partial charge in [0.05, 0.1) is 13.7 Å². The van der Waals surface area contributed by atoms with Crippen molar-refractivity contribution in [3.05, 3.63) is 0 Å². The van der Waals surface area contributed by atoms with E-state index in [0.717, 1.165) is 25.9 Å². The van der Waals surface area contributed by atoms with Crippen molar-refractivity contribution in [3.8, 4) is 0 Å². The Hall–Kier alpha value is -0.610. The zero-order valence-electron chi connectivity index (χ0n) is 7.43. The molecule has 1 fully saturated rings. The van der Waals surface area contributed by atoms with Gasteiger partial charge in [0, 0.05) is 6.04 Å². The molecule has 0 aromatic carbocycles. The third kappa shape index (κ3) is 3.19. The van der Waals surface area contributed by atoms with Crippen LogP contribution in [0.4, 0.5) is 0 Å². The number of carbonyl (C=O) groups is 1. The van der Waals surface area contributed by atoms with E-state index in [-0.39, 0.29) is 5.97 Å². The van der Waals surface area contributed by atoms with Gasteiger partial charge in [-0.2, -0.15) is 0 Å². The van der Waals surface area contributed by atoms with E-state index in [1.807, 2.05) is 0 Å². The smallest absolute Gasteiger partial charge is 0.319 e. The van der Waals surface area contributed by atoms with E-state index in [9.17, 15) is 4.79 Å². The lowest BCUT2D eigenvalue weighted by molar-refractivity contribution is -0.139. The summed E-state index contributed by atoms with van der Waals surface area (Å²) in [5, 5.41) is 6.42. The number of rotatable bonds is 3. The van der Waals surface area contributed by atoms with Crippen LogP contribution in [-0.2, 0) is 9.53 Å². The average Bonchev–Trinajstić information content (AvgIpc) is 2.16. The maximum absolute atomic E-state index is 10.8. The van der Waals surface area contributed by atoms with Crippen molar-refractivity contribution >= 4 is 5.97 Å². The summed E-state index contributed by atoms with van der Waals surface area (Å²) >= 11 is 0. The average molecular weight is 172 g/mol. The number of carbonyl (C=O) groups excluding carboxylic acids is 1. The molecule has 0 aliphatic carbocycles. The van der Waals surface area contributed by atoms with E-state index in [1.165, 1.54) is 7.11 Å². The minimum atomic E-state index is -0.187. The Bertz CT molecular complexity index is 144. The van der Waals surface area contributed by atoms with Crippen LogP contribution < -0.4 is 10.6 Å². The molecule has 0 aromatic rings. The van der Waals surface area contributed by atoms with Crippen LogP contribution in [0.5, 0.6) is 0 Å². The van der Waals surface area contributed by atoms with E-state index in [0.29, 0.717) is 12.6 Å². The first-order valence-electron chi connectivity index (χ1n) is 4.34. The van der Waals surface area contributed by atoms with E-state index in [4.69, 9.17) is 0 Å². The van der Waals surface area contributed by atoms with Crippen molar-refractivity contribution in [3.63, 3.8) is 0 Å². The predicted octanol–water partition coefficient (Wildman–Crippen LogP) is -0.499. The molecule has 0 amide bonds. The van der Waals surface area contributed by atoms with Crippen LogP contribution in [0.1, 0.15) is 12.8 Å². The second-order valence-corrected chi connectivity index (χ2v) is 2.98. The zero-order valence-corrected chi connectivity index (χ0v) is 7.43. The number of nitrogens with one attached hydrogen (secondary N) is 2. The normalized spacial score (nSPS) is 19.1. The van der Waals surface area contributed by atoms with Crippen molar-refractivity contribution < 1.29 is 9.53 Å². The molecule has 1 aliphatic rings. The quantitative estimate of drug-likeness (QED) is 0.564. The summed E-state index contributed by atoms with van der Waals surface area (Å²) in [6, 6.07) is 0.477. The molecule has 1 rings (SSSR count). The van der Waals surface area contributed by atoms with Crippen LogP contribution in [0.15, 0.2) is 0 Å². The molecule has 0 spiro atoms. The number of hydrogen-bond donors (Lipinski definition) is 2. The molecule has 0 bridgehead atoms. The van der Waals surface area contributed by atoms with Gasteiger partial charge in [-0.15, -0.1) is 0 Å². The van der Waals surface area contributed by atoms with Crippen LogP contribution in [-0.4, -0.2) is 38.8 Å². The van der Waals surface area contributed by atoms with Gasteiger partial charge < -0.3 is 15.4 Å². The molecule has 70 valence electrons. The van der Waals surface area contributed by atoms with Crippen molar-refractivity contribution in [1.29, 1.82) is 0 Å². The molecule has 0 atom stereocenters. The van der Waals surface area contributed by atoms with Crippen LogP contribution >= 0.6 is 0 Å². The van der Waals surface area contributed by atoms with Gasteiger partial charge in [0.15, 0.2) is 0 Å². The number of hydrogen-bond acceptors (Lipinski definition) is 4. The Kier molecular flexibility index (Phi) is 4.04. The summed E-state index contributed by atoms with van der Waals surface area (Å²) in [6.07, 6.45) is 2.19. The topological polar surface area (TPSA) is 50.4 Å². The van der Waals surface area contributed by atoms with Crippen LogP contribution in [0, 0.1) is 0 Å². The third-order valence-corrected chi connectivity index (χ3v) is 2.10. The largest absolute Gasteiger partial charge is 0.468 e. The first-order valence-corrected chi connectivity index (χ1v) is 4.34. The van der Waals surface area contributed by atoms with Gasteiger partial charge in [0.2, 0.25) is 0 Å². The van der Waals surface area contributed by atoms with Crippen molar-refractivity contribution in [1.82, 2.24) is 10.6 Å². The molecule has 4 nitrogen and oxygen atoms in total. The maximum Gasteiger partial charge on any atom is 0.319 e. The van der Waals surface area contributed by atoms with Crippen LogP contribution in [0.25, 0.3) is 0 Å². The number of ether oxygens (including phenoxy) is 1. The molecule has 12 heavy (non-hydrogen) atoms. The lowest BCUT2D eigenvalue weighted by Gasteiger charge is -2.23. The Morgan fingerprint density at radius 3 is 2.83 bits per heavy atom. The highest BCUT2D eigenvalue weighted by atomic mass is 16.5. The van der Waals surface area contributed by atoms with Gasteiger partial charge in [-0.25, -0.2) is 0 Å². The molecular weight excluding hydrogens is 156 g/mol. The van der Waals surface area contributed by atoms with Gasteiger partial charge in [-0.05, 0) is 25.9 Å². The molecule has 1 saturated heterocycles. The standard InChI is InChI=1S/C8H16N2O2/c1-12-8(11)6-10-7-2-4-9-5-3-7/h7,9-10H,2-6H2,1H3. The first kappa shape index (κ1) is 9.48. The summed E-state index contributed by atoms with van der Waals surface area (Å²) in [4.78, 5) is 10.8. The van der Waals surface area contributed by atoms with E-state index in [2.05, 4.69) is 15.4 Å². The second-order valence-electron chi connectivity index (χ2n) is 2.98. The van der Waals surface area contributed by atoms with E-state index < -0.39 is 0 Å². The highest BCUT2D eigenvalue weighted by Gasteiger charge is 2.12. The Balaban J connectivity index is 2.09. The van der Waals surface area contributed by atoms with E-state index >= 15 is 0 Å². The lowest BCUT2D eigenvalue weighted by atomic mass is 10.1. The number of esters is 1. The zero-order chi connectivity index (χ0) is 8.81. The first-order chi connectivity index (χ1) is 5.83. The summed E-state index contributed by atoms with van der Waals surface area (Å²) in [5.41, 5.74) is 0. The minimum Gasteiger partial charge on any atom is -0.468 e. The SMILES string of the molecule is COC(=O)CNC1CCNCC1. The van der Waals surface area contributed by atoms with Crippen molar-refractivity contribution in [2.24, 2.45) is 0 Å². The maximum atomic E-state index is 10.8. The fourth-order valence-corrected chi connectivity index (χ4v) is 1.33. The fourth-order valence-electron chi connectivity index (χ4n) is 1.33. The molecule has 4 heteroatoms. The summed E-state index contributed by atoms with van der Waals surface area (Å²) in [7, 11) is 1.41. The Morgan fingerprint density at radius 1 is 1.58 bits per heavy atom. The second kappa shape index (κ2) is 5.11. The van der Waals surface area contributed by atoms with Crippen LogP contribution in [0.2, 0.25) is 0 Å². The lowest BCUT2D eigenvalue weighted by Crippen LogP contribution is -2.42. The fraction of sp³-hybridized carbons (Fsp3) is 0.875. The molecule has 0 aromatic heterocycles. The summed E-state index contributed by atoms with van der Waals surface area (Å²) in [6.45, 7) is 2.42. The highest BCUT2D eigenvalue weighted by Crippen LogP contribution is 2.00. The number of methoxy groups -OCH3 is 1. The molecule has 1 heterocycles. The minimum absolute atomic E-state index is 0.187. The van der Waals surface area contributed by atoms with Gasteiger partial charge in [-0.1, -0.05) is 0 Å². The molecule has 0 unspecified atom stereocenters. The third-order valence-electron chi connectivity index (χ3n) is 2.10. The molecule has 1 aliphatic heterocycles.